The number of hydrogen-bond acceptors (Lipinski definition) is 3. The zero-order valence-electron chi connectivity index (χ0n) is 12.8. The summed E-state index contributed by atoms with van der Waals surface area (Å²) < 4.78 is 0. The molecule has 1 aromatic carbocycles. The molecule has 1 unspecified atom stereocenters. The van der Waals surface area contributed by atoms with E-state index >= 15 is 0 Å². The molecule has 0 radical (unpaired) electrons. The van der Waals surface area contributed by atoms with E-state index in [2.05, 4.69) is 15.5 Å². The summed E-state index contributed by atoms with van der Waals surface area (Å²) in [5, 5.41) is 10.3. The SMILES string of the molecule is Cl.Nc1ccc2c(c1)CCCC2NC(=O)c1cc(C2CC2)[nH]n1. The second-order valence-electron chi connectivity index (χ2n) is 6.36. The Balaban J connectivity index is 0.00000156. The predicted octanol–water partition coefficient (Wildman–Crippen LogP) is 3.10. The van der Waals surface area contributed by atoms with Crippen molar-refractivity contribution in [3.05, 3.63) is 46.8 Å². The van der Waals surface area contributed by atoms with Gasteiger partial charge in [-0.25, -0.2) is 0 Å². The molecule has 23 heavy (non-hydrogen) atoms. The van der Waals surface area contributed by atoms with Gasteiger partial charge in [-0.15, -0.1) is 12.4 Å². The van der Waals surface area contributed by atoms with Gasteiger partial charge in [-0.05, 0) is 61.4 Å². The summed E-state index contributed by atoms with van der Waals surface area (Å²) in [5.74, 6) is 0.477. The second-order valence-corrected chi connectivity index (χ2v) is 6.36. The van der Waals surface area contributed by atoms with E-state index in [0.29, 0.717) is 11.6 Å². The maximum Gasteiger partial charge on any atom is 0.272 e. The topological polar surface area (TPSA) is 83.8 Å². The molecule has 122 valence electrons. The van der Waals surface area contributed by atoms with E-state index < -0.39 is 0 Å². The van der Waals surface area contributed by atoms with Crippen LogP contribution in [0, 0.1) is 0 Å². The molecule has 0 aliphatic heterocycles. The van der Waals surface area contributed by atoms with Crippen LogP contribution in [0.3, 0.4) is 0 Å². The van der Waals surface area contributed by atoms with Crippen LogP contribution in [0.5, 0.6) is 0 Å². The van der Waals surface area contributed by atoms with Gasteiger partial charge in [0, 0.05) is 17.3 Å². The Labute approximate surface area is 141 Å². The number of amides is 1. The van der Waals surface area contributed by atoms with Crippen LogP contribution in [0.2, 0.25) is 0 Å². The fraction of sp³-hybridized carbons (Fsp3) is 0.412. The van der Waals surface area contributed by atoms with Crippen molar-refractivity contribution in [1.29, 1.82) is 0 Å². The number of aromatic nitrogens is 2. The van der Waals surface area contributed by atoms with Gasteiger partial charge in [0.1, 0.15) is 5.69 Å². The maximum absolute atomic E-state index is 12.4. The molecule has 2 aliphatic rings. The van der Waals surface area contributed by atoms with Crippen LogP contribution in [0.25, 0.3) is 0 Å². The number of halogens is 1. The van der Waals surface area contributed by atoms with Crippen LogP contribution in [-0.2, 0) is 6.42 Å². The number of hydrogen-bond donors (Lipinski definition) is 3. The van der Waals surface area contributed by atoms with Crippen molar-refractivity contribution in [2.24, 2.45) is 0 Å². The minimum Gasteiger partial charge on any atom is -0.399 e. The molecule has 1 atom stereocenters. The number of nitrogen functional groups attached to an aromatic ring is 1. The van der Waals surface area contributed by atoms with Crippen LogP contribution in [0.1, 0.15) is 65.0 Å². The predicted molar refractivity (Wildman–Crippen MR) is 91.8 cm³/mol. The number of rotatable bonds is 3. The third kappa shape index (κ3) is 3.20. The van der Waals surface area contributed by atoms with Crippen LogP contribution in [0.15, 0.2) is 24.3 Å². The largest absolute Gasteiger partial charge is 0.399 e. The van der Waals surface area contributed by atoms with Gasteiger partial charge < -0.3 is 11.1 Å². The molecule has 1 fully saturated rings. The standard InChI is InChI=1S/C17H20N4O.ClH/c18-12-6-7-13-11(8-12)2-1-3-14(13)19-17(22)16-9-15(20-21-16)10-4-5-10;/h6-10,14H,1-5,18H2,(H,19,22)(H,20,21);1H. The first kappa shape index (κ1) is 15.9. The zero-order valence-corrected chi connectivity index (χ0v) is 13.7. The number of carbonyl (C=O) groups excluding carboxylic acids is 1. The quantitative estimate of drug-likeness (QED) is 0.755. The number of aromatic amines is 1. The van der Waals surface area contributed by atoms with Crippen molar-refractivity contribution in [3.63, 3.8) is 0 Å². The molecule has 1 heterocycles. The maximum atomic E-state index is 12.4. The van der Waals surface area contributed by atoms with Crippen molar-refractivity contribution in [3.8, 4) is 0 Å². The molecule has 4 rings (SSSR count). The summed E-state index contributed by atoms with van der Waals surface area (Å²) in [6.45, 7) is 0. The van der Waals surface area contributed by atoms with Crippen molar-refractivity contribution < 1.29 is 4.79 Å². The van der Waals surface area contributed by atoms with Crippen LogP contribution >= 0.6 is 12.4 Å². The second kappa shape index (κ2) is 6.24. The number of nitrogens with one attached hydrogen (secondary N) is 2. The normalized spacial score (nSPS) is 19.6. The van der Waals surface area contributed by atoms with Gasteiger partial charge in [-0.1, -0.05) is 6.07 Å². The van der Waals surface area contributed by atoms with E-state index in [4.69, 9.17) is 5.73 Å². The molecule has 1 aromatic heterocycles. The minimum atomic E-state index is -0.0992. The van der Waals surface area contributed by atoms with E-state index in [-0.39, 0.29) is 24.4 Å². The van der Waals surface area contributed by atoms with E-state index in [1.165, 1.54) is 24.0 Å². The lowest BCUT2D eigenvalue weighted by Crippen LogP contribution is -2.31. The van der Waals surface area contributed by atoms with Gasteiger partial charge in [-0.3, -0.25) is 9.89 Å². The third-order valence-corrected chi connectivity index (χ3v) is 4.63. The van der Waals surface area contributed by atoms with Gasteiger partial charge in [0.15, 0.2) is 0 Å². The summed E-state index contributed by atoms with van der Waals surface area (Å²) in [6.07, 6.45) is 5.44. The highest BCUT2D eigenvalue weighted by atomic mass is 35.5. The zero-order chi connectivity index (χ0) is 15.1. The fourth-order valence-corrected chi connectivity index (χ4v) is 3.27. The van der Waals surface area contributed by atoms with Gasteiger partial charge in [0.05, 0.1) is 6.04 Å². The molecule has 1 saturated carbocycles. The Morgan fingerprint density at radius 3 is 2.87 bits per heavy atom. The van der Waals surface area contributed by atoms with Crippen LogP contribution < -0.4 is 11.1 Å². The first-order valence-electron chi connectivity index (χ1n) is 7.95. The number of aryl methyl sites for hydroxylation is 1. The van der Waals surface area contributed by atoms with Crippen LogP contribution in [0.4, 0.5) is 5.69 Å². The highest BCUT2D eigenvalue weighted by Crippen LogP contribution is 2.39. The number of fused-ring (bicyclic) bond motifs is 1. The molecule has 0 spiro atoms. The van der Waals surface area contributed by atoms with Gasteiger partial charge in [0.25, 0.3) is 5.91 Å². The smallest absolute Gasteiger partial charge is 0.272 e. The van der Waals surface area contributed by atoms with E-state index in [9.17, 15) is 4.79 Å². The first-order valence-corrected chi connectivity index (χ1v) is 7.95. The average molecular weight is 333 g/mol. The molecule has 2 aromatic rings. The first-order chi connectivity index (χ1) is 10.7. The molecule has 2 aliphatic carbocycles. The summed E-state index contributed by atoms with van der Waals surface area (Å²) in [5.41, 5.74) is 10.6. The number of carbonyl (C=O) groups is 1. The Morgan fingerprint density at radius 2 is 2.09 bits per heavy atom. The summed E-state index contributed by atoms with van der Waals surface area (Å²) in [7, 11) is 0. The molecular formula is C17H21ClN4O. The van der Waals surface area contributed by atoms with E-state index in [0.717, 1.165) is 30.6 Å². The molecule has 1 amide bonds. The van der Waals surface area contributed by atoms with Crippen molar-refractivity contribution >= 4 is 24.0 Å². The Bertz CT molecular complexity index is 723. The highest BCUT2D eigenvalue weighted by Gasteiger charge is 2.27. The summed E-state index contributed by atoms with van der Waals surface area (Å²) in [6, 6.07) is 7.91. The highest BCUT2D eigenvalue weighted by molar-refractivity contribution is 5.92. The van der Waals surface area contributed by atoms with Crippen LogP contribution in [-0.4, -0.2) is 16.1 Å². The lowest BCUT2D eigenvalue weighted by Gasteiger charge is -2.26. The van der Waals surface area contributed by atoms with Crippen molar-refractivity contribution in [1.82, 2.24) is 15.5 Å². The van der Waals surface area contributed by atoms with Gasteiger partial charge in [-0.2, -0.15) is 5.10 Å². The monoisotopic (exact) mass is 332 g/mol. The average Bonchev–Trinajstić information content (AvgIpc) is 3.24. The van der Waals surface area contributed by atoms with Gasteiger partial charge in [0.2, 0.25) is 0 Å². The number of nitrogens with two attached hydrogens (primary N) is 1. The fourth-order valence-electron chi connectivity index (χ4n) is 3.27. The number of H-pyrrole nitrogens is 1. The molecule has 5 nitrogen and oxygen atoms in total. The molecular weight excluding hydrogens is 312 g/mol. The molecule has 0 saturated heterocycles. The Kier molecular flexibility index (Phi) is 4.31. The Morgan fingerprint density at radius 1 is 1.26 bits per heavy atom. The summed E-state index contributed by atoms with van der Waals surface area (Å²) in [4.78, 5) is 12.4. The molecule has 0 bridgehead atoms. The van der Waals surface area contributed by atoms with E-state index in [1.807, 2.05) is 24.3 Å². The number of nitrogens with zero attached hydrogens (tertiary/aromatic N) is 1. The number of anilines is 1. The minimum absolute atomic E-state index is 0. The molecule has 4 N–H and O–H groups in total. The third-order valence-electron chi connectivity index (χ3n) is 4.63. The van der Waals surface area contributed by atoms with E-state index in [1.54, 1.807) is 0 Å². The van der Waals surface area contributed by atoms with Crippen molar-refractivity contribution in [2.75, 3.05) is 5.73 Å². The number of benzene rings is 1. The van der Waals surface area contributed by atoms with Gasteiger partial charge >= 0.3 is 0 Å². The van der Waals surface area contributed by atoms with Crippen molar-refractivity contribution in [2.45, 2.75) is 44.1 Å². The Hall–Kier alpha value is -2.01. The lowest BCUT2D eigenvalue weighted by atomic mass is 9.87. The molecule has 6 heteroatoms. The lowest BCUT2D eigenvalue weighted by molar-refractivity contribution is 0.0927. The summed E-state index contributed by atoms with van der Waals surface area (Å²) >= 11 is 0.